The van der Waals surface area contributed by atoms with Gasteiger partial charge in [0.15, 0.2) is 0 Å². The number of nitro benzene ring substituents is 1. The van der Waals surface area contributed by atoms with E-state index in [2.05, 4.69) is 6.92 Å². The Balaban J connectivity index is 2.10. The number of non-ortho nitro benzene ring substituents is 1. The number of rotatable bonds is 15. The van der Waals surface area contributed by atoms with Crippen molar-refractivity contribution in [3.8, 4) is 5.75 Å². The van der Waals surface area contributed by atoms with Gasteiger partial charge in [-0.3, -0.25) is 14.6 Å². The number of nitro groups is 1. The fourth-order valence-corrected chi connectivity index (χ4v) is 3.68. The van der Waals surface area contributed by atoms with E-state index in [-0.39, 0.29) is 5.69 Å². The summed E-state index contributed by atoms with van der Waals surface area (Å²) in [5.74, 6) is 0.310. The maximum Gasteiger partial charge on any atom is 0.376 e. The van der Waals surface area contributed by atoms with E-state index in [1.165, 1.54) is 82.3 Å². The van der Waals surface area contributed by atoms with Gasteiger partial charge in [0.1, 0.15) is 5.75 Å². The summed E-state index contributed by atoms with van der Waals surface area (Å²) < 4.78 is 23.0. The van der Waals surface area contributed by atoms with Crippen LogP contribution in [0.25, 0.3) is 0 Å². The molecule has 0 amide bonds. The molecule has 0 spiro atoms. The Hall–Kier alpha value is -1.39. The van der Waals surface area contributed by atoms with Crippen LogP contribution in [0.3, 0.4) is 0 Å². The second kappa shape index (κ2) is 12.9. The van der Waals surface area contributed by atoms with Crippen LogP contribution in [0.5, 0.6) is 5.75 Å². The summed E-state index contributed by atoms with van der Waals surface area (Å²) in [6.07, 6.45) is 12.3. The van der Waals surface area contributed by atoms with Crippen molar-refractivity contribution in [1.82, 2.24) is 0 Å². The van der Waals surface area contributed by atoms with Crippen LogP contribution < -0.4 is 4.52 Å². The molecular weight excluding hydrogens is 353 g/mol. The molecule has 0 aromatic heterocycles. The molecular formula is C19H32NO5P. The summed E-state index contributed by atoms with van der Waals surface area (Å²) in [5.41, 5.74) is -0.0328. The molecule has 1 rings (SSSR count). The van der Waals surface area contributed by atoms with E-state index in [4.69, 9.17) is 9.05 Å². The fraction of sp³-hybridized carbons (Fsp3) is 0.684. The number of unbranched alkanes of at least 4 members (excludes halogenated alkanes) is 9. The van der Waals surface area contributed by atoms with E-state index in [0.29, 0.717) is 12.4 Å². The molecule has 1 unspecified atom stereocenters. The Morgan fingerprint density at radius 3 is 1.92 bits per heavy atom. The van der Waals surface area contributed by atoms with Crippen molar-refractivity contribution in [2.24, 2.45) is 0 Å². The lowest BCUT2D eigenvalue weighted by atomic mass is 10.1. The van der Waals surface area contributed by atoms with Crippen LogP contribution in [0, 0.1) is 10.1 Å². The highest BCUT2D eigenvalue weighted by molar-refractivity contribution is 7.53. The van der Waals surface area contributed by atoms with Crippen molar-refractivity contribution in [3.63, 3.8) is 0 Å². The Labute approximate surface area is 157 Å². The van der Waals surface area contributed by atoms with E-state index < -0.39 is 12.5 Å². The summed E-state index contributed by atoms with van der Waals surface area (Å²) in [4.78, 5) is 10.1. The first-order valence-corrected chi connectivity index (χ1v) is 11.6. The van der Waals surface area contributed by atoms with Crippen LogP contribution in [0.15, 0.2) is 24.3 Å². The van der Waals surface area contributed by atoms with Gasteiger partial charge in [-0.1, -0.05) is 64.7 Å². The first-order valence-electron chi connectivity index (χ1n) is 9.60. The van der Waals surface area contributed by atoms with Gasteiger partial charge in [0, 0.05) is 18.8 Å². The van der Waals surface area contributed by atoms with Crippen molar-refractivity contribution in [3.05, 3.63) is 34.4 Å². The topological polar surface area (TPSA) is 78.7 Å². The minimum absolute atomic E-state index is 0.0328. The first kappa shape index (κ1) is 22.7. The van der Waals surface area contributed by atoms with Crippen molar-refractivity contribution in [2.45, 2.75) is 71.1 Å². The highest BCUT2D eigenvalue weighted by atomic mass is 31.2. The Kier molecular flexibility index (Phi) is 11.2. The quantitative estimate of drug-likeness (QED) is 0.145. The molecule has 26 heavy (non-hydrogen) atoms. The highest BCUT2D eigenvalue weighted by Crippen LogP contribution is 2.44. The van der Waals surface area contributed by atoms with Crippen LogP contribution >= 0.6 is 7.60 Å². The molecule has 7 heteroatoms. The van der Waals surface area contributed by atoms with Gasteiger partial charge in [0.2, 0.25) is 0 Å². The van der Waals surface area contributed by atoms with Crippen LogP contribution in [0.2, 0.25) is 0 Å². The lowest BCUT2D eigenvalue weighted by Gasteiger charge is -2.15. The van der Waals surface area contributed by atoms with Gasteiger partial charge in [-0.25, -0.2) is 4.57 Å². The van der Waals surface area contributed by atoms with E-state index >= 15 is 0 Å². The van der Waals surface area contributed by atoms with Gasteiger partial charge in [-0.15, -0.1) is 0 Å². The molecule has 1 aromatic carbocycles. The maximum absolute atomic E-state index is 12.3. The van der Waals surface area contributed by atoms with Crippen LogP contribution in [0.1, 0.15) is 71.1 Å². The summed E-state index contributed by atoms with van der Waals surface area (Å²) in [6, 6.07) is 5.49. The monoisotopic (exact) mass is 385 g/mol. The highest BCUT2D eigenvalue weighted by Gasteiger charge is 2.18. The largest absolute Gasteiger partial charge is 0.425 e. The third kappa shape index (κ3) is 10.6. The summed E-state index contributed by atoms with van der Waals surface area (Å²) in [6.45, 7) is 4.05. The molecule has 0 saturated heterocycles. The minimum atomic E-state index is -3.20. The first-order chi connectivity index (χ1) is 12.4. The molecule has 0 aliphatic rings. The zero-order valence-corrected chi connectivity index (χ0v) is 16.9. The summed E-state index contributed by atoms with van der Waals surface area (Å²) in [7, 11) is -3.20. The predicted molar refractivity (Wildman–Crippen MR) is 105 cm³/mol. The lowest BCUT2D eigenvalue weighted by Crippen LogP contribution is -1.99. The van der Waals surface area contributed by atoms with Crippen LogP contribution in [0.4, 0.5) is 5.69 Å². The molecule has 6 nitrogen and oxygen atoms in total. The molecule has 0 saturated carbocycles. The number of hydrogen-bond acceptors (Lipinski definition) is 5. The fourth-order valence-electron chi connectivity index (χ4n) is 2.67. The van der Waals surface area contributed by atoms with E-state index in [1.807, 2.05) is 0 Å². The average molecular weight is 385 g/mol. The number of nitrogens with zero attached hydrogens (tertiary/aromatic N) is 1. The molecule has 0 bridgehead atoms. The molecule has 0 aliphatic heterocycles. The second-order valence-corrected chi connectivity index (χ2v) is 8.61. The van der Waals surface area contributed by atoms with Crippen molar-refractivity contribution < 1.29 is 18.5 Å². The molecule has 1 aromatic rings. The SMILES string of the molecule is CCCCCCCCCCCCOP(C)(=O)Oc1ccc([N+](=O)[O-])cc1. The number of benzene rings is 1. The van der Waals surface area contributed by atoms with Crippen molar-refractivity contribution in [1.29, 1.82) is 0 Å². The Bertz CT molecular complexity index is 562. The van der Waals surface area contributed by atoms with Gasteiger partial charge in [-0.05, 0) is 18.6 Å². The smallest absolute Gasteiger partial charge is 0.376 e. The third-order valence-corrected chi connectivity index (χ3v) is 5.34. The summed E-state index contributed by atoms with van der Waals surface area (Å²) >= 11 is 0. The minimum Gasteiger partial charge on any atom is -0.425 e. The van der Waals surface area contributed by atoms with Gasteiger partial charge >= 0.3 is 7.60 Å². The van der Waals surface area contributed by atoms with Crippen molar-refractivity contribution in [2.75, 3.05) is 13.3 Å². The molecule has 0 aliphatic carbocycles. The maximum atomic E-state index is 12.3. The van der Waals surface area contributed by atoms with Gasteiger partial charge in [0.05, 0.1) is 11.5 Å². The van der Waals surface area contributed by atoms with Gasteiger partial charge < -0.3 is 4.52 Å². The zero-order valence-electron chi connectivity index (χ0n) is 16.0. The Morgan fingerprint density at radius 2 is 1.42 bits per heavy atom. The predicted octanol–water partition coefficient (Wildman–Crippen LogP) is 6.73. The zero-order chi connectivity index (χ0) is 19.3. The second-order valence-electron chi connectivity index (χ2n) is 6.63. The molecule has 1 atom stereocenters. The molecule has 148 valence electrons. The van der Waals surface area contributed by atoms with Crippen molar-refractivity contribution >= 4 is 13.3 Å². The normalized spacial score (nSPS) is 13.3. The summed E-state index contributed by atoms with van der Waals surface area (Å²) in [5, 5.41) is 10.6. The lowest BCUT2D eigenvalue weighted by molar-refractivity contribution is -0.384. The van der Waals surface area contributed by atoms with Crippen LogP contribution in [-0.4, -0.2) is 18.2 Å². The molecule has 0 N–H and O–H groups in total. The standard InChI is InChI=1S/C19H32NO5P/c1-3-4-5-6-7-8-9-10-11-12-17-24-26(2,23)25-19-15-13-18(14-16-19)20(21)22/h13-16H,3-12,17H2,1-2H3. The van der Waals surface area contributed by atoms with Gasteiger partial charge in [0.25, 0.3) is 5.69 Å². The van der Waals surface area contributed by atoms with E-state index in [1.54, 1.807) is 0 Å². The average Bonchev–Trinajstić information content (AvgIpc) is 2.59. The van der Waals surface area contributed by atoms with E-state index in [9.17, 15) is 14.7 Å². The molecule has 0 radical (unpaired) electrons. The van der Waals surface area contributed by atoms with Crippen LogP contribution in [-0.2, 0) is 9.09 Å². The molecule has 0 fully saturated rings. The number of hydrogen-bond donors (Lipinski definition) is 0. The van der Waals surface area contributed by atoms with Gasteiger partial charge in [-0.2, -0.15) is 0 Å². The molecule has 0 heterocycles. The Morgan fingerprint density at radius 1 is 0.923 bits per heavy atom. The third-order valence-electron chi connectivity index (χ3n) is 4.14. The van der Waals surface area contributed by atoms with E-state index in [0.717, 1.165) is 12.8 Å².